The maximum atomic E-state index is 14.0. The van der Waals surface area contributed by atoms with Crippen molar-refractivity contribution in [3.63, 3.8) is 0 Å². The molecule has 55 heavy (non-hydrogen) atoms. The van der Waals surface area contributed by atoms with Crippen molar-refractivity contribution in [3.8, 4) is 0 Å². The number of fused-ring (bicyclic) bond motifs is 2. The molecule has 8 rings (SSSR count). The minimum atomic E-state index is -2.84. The van der Waals surface area contributed by atoms with E-state index < -0.39 is 30.0 Å². The van der Waals surface area contributed by atoms with Crippen molar-refractivity contribution in [1.82, 2.24) is 43.7 Å². The number of alkyl halides is 2. The zero-order valence-electron chi connectivity index (χ0n) is 30.6. The zero-order chi connectivity index (χ0) is 38.2. The Morgan fingerprint density at radius 1 is 1.05 bits per heavy atom. The van der Waals surface area contributed by atoms with E-state index in [1.807, 2.05) is 18.2 Å². The fraction of sp³-hybridized carbons (Fsp3) is 0.500. The number of halogens is 2. The largest absolute Gasteiger partial charge is 0.378 e. The first-order chi connectivity index (χ1) is 26.6. The molecule has 1 aliphatic carbocycles. The topological polar surface area (TPSA) is 163 Å². The van der Waals surface area contributed by atoms with Gasteiger partial charge >= 0.3 is 5.69 Å². The summed E-state index contributed by atoms with van der Waals surface area (Å²) < 4.78 is 40.5. The minimum absolute atomic E-state index is 0.00552. The molecule has 1 saturated carbocycles. The number of hydrogen-bond donors (Lipinski definition) is 2. The third kappa shape index (κ3) is 7.42. The van der Waals surface area contributed by atoms with Crippen molar-refractivity contribution in [1.29, 1.82) is 0 Å². The van der Waals surface area contributed by atoms with Gasteiger partial charge in [-0.2, -0.15) is 10.2 Å². The van der Waals surface area contributed by atoms with E-state index in [-0.39, 0.29) is 41.4 Å². The van der Waals surface area contributed by atoms with Gasteiger partial charge in [-0.15, -0.1) is 0 Å². The van der Waals surface area contributed by atoms with Crippen molar-refractivity contribution in [2.75, 3.05) is 31.6 Å². The Labute approximate surface area is 314 Å². The quantitative estimate of drug-likeness (QED) is 0.188. The van der Waals surface area contributed by atoms with Gasteiger partial charge in [-0.1, -0.05) is 12.1 Å². The van der Waals surface area contributed by atoms with Crippen LogP contribution in [0.4, 0.5) is 14.5 Å². The van der Waals surface area contributed by atoms with Crippen LogP contribution in [0.5, 0.6) is 0 Å². The number of carbonyl (C=O) groups is 3. The molecule has 3 amide bonds. The summed E-state index contributed by atoms with van der Waals surface area (Å²) in [6.07, 6.45) is 9.88. The van der Waals surface area contributed by atoms with Crippen LogP contribution in [-0.4, -0.2) is 88.5 Å². The number of piperidine rings is 2. The first kappa shape index (κ1) is 36.7. The van der Waals surface area contributed by atoms with E-state index in [1.165, 1.54) is 27.7 Å². The molecule has 1 atom stereocenters. The van der Waals surface area contributed by atoms with Crippen molar-refractivity contribution < 1.29 is 27.9 Å². The predicted molar refractivity (Wildman–Crippen MR) is 197 cm³/mol. The number of ether oxygens (including phenoxy) is 1. The molecule has 1 aromatic carbocycles. The second-order valence-electron chi connectivity index (χ2n) is 14.9. The number of aromatic nitrogens is 7. The average molecular weight is 759 g/mol. The summed E-state index contributed by atoms with van der Waals surface area (Å²) in [5.74, 6) is -0.838. The second-order valence-corrected chi connectivity index (χ2v) is 14.9. The summed E-state index contributed by atoms with van der Waals surface area (Å²) in [6, 6.07) is 6.65. The summed E-state index contributed by atoms with van der Waals surface area (Å²) in [5, 5.41) is 13.3. The number of nitrogens with zero attached hydrogens (tertiary/aromatic N) is 8. The average Bonchev–Trinajstić information content (AvgIpc) is 3.88. The lowest BCUT2D eigenvalue weighted by Crippen LogP contribution is -2.44. The molecule has 1 unspecified atom stereocenters. The number of benzene rings is 1. The molecule has 0 spiro atoms. The van der Waals surface area contributed by atoms with Gasteiger partial charge in [0.15, 0.2) is 11.3 Å². The fourth-order valence-electron chi connectivity index (χ4n) is 8.53. The zero-order valence-corrected chi connectivity index (χ0v) is 30.6. The van der Waals surface area contributed by atoms with Crippen LogP contribution < -0.4 is 16.3 Å². The van der Waals surface area contributed by atoms with Crippen molar-refractivity contribution in [2.24, 2.45) is 13.0 Å². The monoisotopic (exact) mass is 758 g/mol. The number of imidazole rings is 1. The molecule has 15 nitrogen and oxygen atoms in total. The lowest BCUT2D eigenvalue weighted by atomic mass is 9.85. The Kier molecular flexibility index (Phi) is 10.3. The van der Waals surface area contributed by atoms with Crippen LogP contribution >= 0.6 is 0 Å². The van der Waals surface area contributed by atoms with E-state index in [0.717, 1.165) is 69.2 Å². The molecule has 5 aromatic rings. The Morgan fingerprint density at radius 3 is 2.62 bits per heavy atom. The molecule has 6 heterocycles. The summed E-state index contributed by atoms with van der Waals surface area (Å²) in [4.78, 5) is 57.2. The predicted octanol–water partition coefficient (Wildman–Crippen LogP) is 4.20. The van der Waals surface area contributed by atoms with Gasteiger partial charge in [0.2, 0.25) is 11.8 Å². The highest BCUT2D eigenvalue weighted by atomic mass is 19.3. The number of nitrogens with one attached hydrogen (secondary N) is 2. The number of hydrogen-bond acceptors (Lipinski definition) is 9. The highest BCUT2D eigenvalue weighted by Gasteiger charge is 2.32. The van der Waals surface area contributed by atoms with E-state index in [0.29, 0.717) is 36.5 Å². The SMILES string of the molecule is Cn1c(=O)n(C2CCC(=O)NC2=O)c2cccc(CCOC3CCN(C[C@H]4CC[C@H](n5cc(NC(=O)c6cnn7cccnc67)c(C(F)F)n5)CC4)CC3)c21. The normalized spacial score (nSPS) is 21.5. The summed E-state index contributed by atoms with van der Waals surface area (Å²) in [5.41, 5.74) is 2.21. The van der Waals surface area contributed by atoms with Gasteiger partial charge in [0.05, 0.1) is 41.7 Å². The maximum absolute atomic E-state index is 14.0. The third-order valence-corrected chi connectivity index (χ3v) is 11.4. The van der Waals surface area contributed by atoms with Crippen molar-refractivity contribution in [3.05, 3.63) is 76.4 Å². The van der Waals surface area contributed by atoms with E-state index in [9.17, 15) is 28.0 Å². The van der Waals surface area contributed by atoms with Crippen LogP contribution in [0.25, 0.3) is 16.7 Å². The van der Waals surface area contributed by atoms with Crippen LogP contribution in [0, 0.1) is 5.92 Å². The third-order valence-electron chi connectivity index (χ3n) is 11.4. The maximum Gasteiger partial charge on any atom is 0.329 e. The molecule has 17 heteroatoms. The minimum Gasteiger partial charge on any atom is -0.378 e. The highest BCUT2D eigenvalue weighted by molar-refractivity contribution is 6.08. The molecule has 0 radical (unpaired) electrons. The molecule has 290 valence electrons. The smallest absolute Gasteiger partial charge is 0.329 e. The van der Waals surface area contributed by atoms with Gasteiger partial charge < -0.3 is 15.0 Å². The second kappa shape index (κ2) is 15.5. The lowest BCUT2D eigenvalue weighted by molar-refractivity contribution is -0.135. The number of amides is 3. The van der Waals surface area contributed by atoms with E-state index >= 15 is 0 Å². The summed E-state index contributed by atoms with van der Waals surface area (Å²) >= 11 is 0. The molecule has 4 aromatic heterocycles. The Bertz CT molecular complexity index is 2280. The standard InChI is InChI=1S/C38H44F2N10O5/c1-46-33-24(4-2-5-29(33)50(38(46)54)30-10-11-31(51)44-37(30)53)14-19-55-26-12-17-47(18-13-26)21-23-6-8-25(9-7-23)49-22-28(32(45-49)34(39)40)43-36(52)27-20-42-48-16-3-15-41-35(27)48/h2-5,15-16,20,22-23,25-26,30,34H,6-14,17-19,21H2,1H3,(H,43,52)(H,44,51,53)/t23-,25-,30?. The van der Waals surface area contributed by atoms with Gasteiger partial charge in [-0.05, 0) is 75.0 Å². The highest BCUT2D eigenvalue weighted by Crippen LogP contribution is 2.36. The van der Waals surface area contributed by atoms with Crippen molar-refractivity contribution >= 4 is 40.1 Å². The fourth-order valence-corrected chi connectivity index (χ4v) is 8.53. The van der Waals surface area contributed by atoms with E-state index in [4.69, 9.17) is 4.74 Å². The molecule has 2 saturated heterocycles. The lowest BCUT2D eigenvalue weighted by Gasteiger charge is -2.36. The van der Waals surface area contributed by atoms with E-state index in [2.05, 4.69) is 30.7 Å². The Hall–Kier alpha value is -5.29. The van der Waals surface area contributed by atoms with Crippen LogP contribution in [0.2, 0.25) is 0 Å². The van der Waals surface area contributed by atoms with Crippen LogP contribution in [0.15, 0.2) is 53.8 Å². The molecular formula is C38H44F2N10O5. The van der Waals surface area contributed by atoms with Crippen molar-refractivity contribution in [2.45, 2.75) is 82.4 Å². The van der Waals surface area contributed by atoms with Gasteiger partial charge in [0.1, 0.15) is 11.6 Å². The Balaban J connectivity index is 0.802. The number of rotatable bonds is 11. The first-order valence-corrected chi connectivity index (χ1v) is 19.0. The number of likely N-dealkylation sites (tertiary alicyclic amines) is 1. The van der Waals surface area contributed by atoms with Gasteiger partial charge in [-0.3, -0.25) is 33.5 Å². The number of anilines is 1. The number of aryl methyl sites for hydroxylation is 1. The molecule has 0 bridgehead atoms. The van der Waals surface area contributed by atoms with Crippen LogP contribution in [0.1, 0.15) is 91.5 Å². The summed E-state index contributed by atoms with van der Waals surface area (Å²) in [6.45, 7) is 3.36. The van der Waals surface area contributed by atoms with Crippen LogP contribution in [-0.2, 0) is 27.8 Å². The van der Waals surface area contributed by atoms with Gasteiger partial charge in [0, 0.05) is 51.7 Å². The van der Waals surface area contributed by atoms with Gasteiger partial charge in [0.25, 0.3) is 12.3 Å². The number of imide groups is 1. The number of para-hydroxylation sites is 1. The number of carbonyl (C=O) groups excluding carboxylic acids is 3. The summed E-state index contributed by atoms with van der Waals surface area (Å²) in [7, 11) is 1.71. The molecule has 3 aliphatic rings. The molecule has 3 fully saturated rings. The molecule has 2 aliphatic heterocycles. The van der Waals surface area contributed by atoms with Crippen LogP contribution in [0.3, 0.4) is 0 Å². The van der Waals surface area contributed by atoms with Gasteiger partial charge in [-0.25, -0.2) is 23.1 Å². The van der Waals surface area contributed by atoms with E-state index in [1.54, 1.807) is 28.6 Å². The molecule has 2 N–H and O–H groups in total. The molecular weight excluding hydrogens is 714 g/mol. The Morgan fingerprint density at radius 2 is 1.85 bits per heavy atom. The first-order valence-electron chi connectivity index (χ1n) is 19.0.